The molecule has 0 aliphatic carbocycles. The molecule has 0 saturated heterocycles. The highest BCUT2D eigenvalue weighted by Crippen LogP contribution is 2.07. The Morgan fingerprint density at radius 1 is 1.33 bits per heavy atom. The summed E-state index contributed by atoms with van der Waals surface area (Å²) in [6, 6.07) is 0. The highest BCUT2D eigenvalue weighted by atomic mass is 16.5. The highest BCUT2D eigenvalue weighted by molar-refractivity contribution is 4.95. The first-order valence-electron chi connectivity index (χ1n) is 5.19. The standard InChI is InChI=1S/C10H19N3O2/c1-8(2)6-13-9(4-5-15-3)11-12-10(13)7-14/h8,14H,4-7H2,1-3H3. The Balaban J connectivity index is 2.80. The number of hydrogen-bond donors (Lipinski definition) is 1. The lowest BCUT2D eigenvalue weighted by Crippen LogP contribution is -2.13. The summed E-state index contributed by atoms with van der Waals surface area (Å²) in [6.45, 7) is 5.65. The second-order valence-corrected chi connectivity index (χ2v) is 3.94. The van der Waals surface area contributed by atoms with Crippen LogP contribution in [0.1, 0.15) is 25.5 Å². The third-order valence-electron chi connectivity index (χ3n) is 2.12. The van der Waals surface area contributed by atoms with Gasteiger partial charge in [0.2, 0.25) is 0 Å². The van der Waals surface area contributed by atoms with Gasteiger partial charge in [-0.05, 0) is 5.92 Å². The Morgan fingerprint density at radius 3 is 2.53 bits per heavy atom. The molecule has 1 heterocycles. The van der Waals surface area contributed by atoms with Crippen molar-refractivity contribution in [1.29, 1.82) is 0 Å². The molecule has 15 heavy (non-hydrogen) atoms. The van der Waals surface area contributed by atoms with E-state index < -0.39 is 0 Å². The third-order valence-corrected chi connectivity index (χ3v) is 2.12. The first kappa shape index (κ1) is 12.1. The molecule has 0 radical (unpaired) electrons. The number of rotatable bonds is 6. The minimum atomic E-state index is -0.0628. The summed E-state index contributed by atoms with van der Waals surface area (Å²) in [7, 11) is 1.66. The van der Waals surface area contributed by atoms with Crippen molar-refractivity contribution in [1.82, 2.24) is 14.8 Å². The van der Waals surface area contributed by atoms with Crippen molar-refractivity contribution < 1.29 is 9.84 Å². The molecule has 1 rings (SSSR count). The molecule has 5 heteroatoms. The summed E-state index contributed by atoms with van der Waals surface area (Å²) >= 11 is 0. The number of aliphatic hydroxyl groups excluding tert-OH is 1. The largest absolute Gasteiger partial charge is 0.388 e. The van der Waals surface area contributed by atoms with Gasteiger partial charge in [0.25, 0.3) is 0 Å². The summed E-state index contributed by atoms with van der Waals surface area (Å²) in [4.78, 5) is 0. The van der Waals surface area contributed by atoms with Gasteiger partial charge in [-0.15, -0.1) is 10.2 Å². The Hall–Kier alpha value is -0.940. The van der Waals surface area contributed by atoms with Crippen LogP contribution in [-0.2, 0) is 24.3 Å². The lowest BCUT2D eigenvalue weighted by molar-refractivity contribution is 0.198. The molecule has 0 aliphatic rings. The average molecular weight is 213 g/mol. The summed E-state index contributed by atoms with van der Waals surface area (Å²) in [5, 5.41) is 17.1. The normalized spacial score (nSPS) is 11.3. The second-order valence-electron chi connectivity index (χ2n) is 3.94. The number of methoxy groups -OCH3 is 1. The van der Waals surface area contributed by atoms with Crippen molar-refractivity contribution in [3.05, 3.63) is 11.6 Å². The minimum absolute atomic E-state index is 0.0628. The van der Waals surface area contributed by atoms with E-state index in [0.29, 0.717) is 18.3 Å². The number of aromatic nitrogens is 3. The number of aliphatic hydroxyl groups is 1. The van der Waals surface area contributed by atoms with Crippen LogP contribution < -0.4 is 0 Å². The molecule has 86 valence electrons. The van der Waals surface area contributed by atoms with Gasteiger partial charge in [-0.1, -0.05) is 13.8 Å². The van der Waals surface area contributed by atoms with Gasteiger partial charge in [-0.2, -0.15) is 0 Å². The summed E-state index contributed by atoms with van der Waals surface area (Å²) in [5.41, 5.74) is 0. The molecule has 0 spiro atoms. The van der Waals surface area contributed by atoms with Gasteiger partial charge in [-0.25, -0.2) is 0 Å². The van der Waals surface area contributed by atoms with Gasteiger partial charge in [0.1, 0.15) is 12.4 Å². The zero-order valence-electron chi connectivity index (χ0n) is 9.60. The fourth-order valence-corrected chi connectivity index (χ4v) is 1.44. The summed E-state index contributed by atoms with van der Waals surface area (Å²) < 4.78 is 6.98. The third kappa shape index (κ3) is 3.28. The second kappa shape index (κ2) is 5.82. The van der Waals surface area contributed by atoms with Crippen molar-refractivity contribution >= 4 is 0 Å². The summed E-state index contributed by atoms with van der Waals surface area (Å²) in [6.07, 6.45) is 0.732. The lowest BCUT2D eigenvalue weighted by Gasteiger charge is -2.11. The quantitative estimate of drug-likeness (QED) is 0.752. The van der Waals surface area contributed by atoms with Crippen molar-refractivity contribution in [2.24, 2.45) is 5.92 Å². The number of hydrogen-bond acceptors (Lipinski definition) is 4. The molecule has 0 fully saturated rings. The van der Waals surface area contributed by atoms with Crippen LogP contribution in [0.25, 0.3) is 0 Å². The highest BCUT2D eigenvalue weighted by Gasteiger charge is 2.11. The smallest absolute Gasteiger partial charge is 0.158 e. The molecule has 0 unspecified atom stereocenters. The van der Waals surface area contributed by atoms with E-state index in [4.69, 9.17) is 9.84 Å². The zero-order chi connectivity index (χ0) is 11.3. The fourth-order valence-electron chi connectivity index (χ4n) is 1.44. The molecule has 0 aromatic carbocycles. The van der Waals surface area contributed by atoms with Crippen molar-refractivity contribution in [2.45, 2.75) is 33.4 Å². The van der Waals surface area contributed by atoms with Crippen LogP contribution in [0.5, 0.6) is 0 Å². The topological polar surface area (TPSA) is 60.2 Å². The van der Waals surface area contributed by atoms with Gasteiger partial charge >= 0.3 is 0 Å². The molecular weight excluding hydrogens is 194 g/mol. The van der Waals surface area contributed by atoms with E-state index in [2.05, 4.69) is 24.0 Å². The predicted molar refractivity (Wildman–Crippen MR) is 56.4 cm³/mol. The molecule has 0 atom stereocenters. The number of nitrogens with zero attached hydrogens (tertiary/aromatic N) is 3. The van der Waals surface area contributed by atoms with Crippen LogP contribution in [0, 0.1) is 5.92 Å². The van der Waals surface area contributed by atoms with Gasteiger partial charge in [0, 0.05) is 20.1 Å². The first-order valence-corrected chi connectivity index (χ1v) is 5.19. The zero-order valence-corrected chi connectivity index (χ0v) is 9.60. The van der Waals surface area contributed by atoms with E-state index in [1.807, 2.05) is 4.57 Å². The molecule has 1 N–H and O–H groups in total. The Labute approximate surface area is 90.1 Å². The SMILES string of the molecule is COCCc1nnc(CO)n1CC(C)C. The van der Waals surface area contributed by atoms with Crippen molar-refractivity contribution in [3.63, 3.8) is 0 Å². The maximum atomic E-state index is 9.12. The molecule has 0 saturated carbocycles. The van der Waals surface area contributed by atoms with Crippen molar-refractivity contribution in [2.75, 3.05) is 13.7 Å². The molecular formula is C10H19N3O2. The maximum absolute atomic E-state index is 9.12. The molecule has 0 aliphatic heterocycles. The van der Waals surface area contributed by atoms with Crippen molar-refractivity contribution in [3.8, 4) is 0 Å². The molecule has 1 aromatic heterocycles. The van der Waals surface area contributed by atoms with E-state index in [0.717, 1.165) is 18.8 Å². The Morgan fingerprint density at radius 2 is 2.00 bits per heavy atom. The van der Waals surface area contributed by atoms with E-state index in [-0.39, 0.29) is 6.61 Å². The van der Waals surface area contributed by atoms with E-state index in [1.54, 1.807) is 7.11 Å². The predicted octanol–water partition coefficient (Wildman–Crippen LogP) is 0.615. The van der Waals surface area contributed by atoms with Crippen LogP contribution in [-0.4, -0.2) is 33.6 Å². The van der Waals surface area contributed by atoms with Crippen LogP contribution in [0.15, 0.2) is 0 Å². The van der Waals surface area contributed by atoms with Crippen LogP contribution in [0.2, 0.25) is 0 Å². The van der Waals surface area contributed by atoms with Gasteiger partial charge < -0.3 is 14.4 Å². The maximum Gasteiger partial charge on any atom is 0.158 e. The molecule has 5 nitrogen and oxygen atoms in total. The monoisotopic (exact) mass is 213 g/mol. The number of ether oxygens (including phenoxy) is 1. The van der Waals surface area contributed by atoms with Crippen LogP contribution in [0.3, 0.4) is 0 Å². The van der Waals surface area contributed by atoms with E-state index in [1.165, 1.54) is 0 Å². The minimum Gasteiger partial charge on any atom is -0.388 e. The lowest BCUT2D eigenvalue weighted by atomic mass is 10.2. The van der Waals surface area contributed by atoms with E-state index in [9.17, 15) is 0 Å². The molecule has 1 aromatic rings. The fraction of sp³-hybridized carbons (Fsp3) is 0.800. The molecule has 0 bridgehead atoms. The summed E-state index contributed by atoms with van der Waals surface area (Å²) in [5.74, 6) is 2.02. The van der Waals surface area contributed by atoms with Crippen LogP contribution in [0.4, 0.5) is 0 Å². The Bertz CT molecular complexity index is 297. The Kier molecular flexibility index (Phi) is 4.71. The molecule has 0 amide bonds. The first-order chi connectivity index (χ1) is 7.19. The average Bonchev–Trinajstić information content (AvgIpc) is 2.57. The van der Waals surface area contributed by atoms with E-state index >= 15 is 0 Å². The van der Waals surface area contributed by atoms with Crippen LogP contribution >= 0.6 is 0 Å². The van der Waals surface area contributed by atoms with Gasteiger partial charge in [0.15, 0.2) is 5.82 Å². The van der Waals surface area contributed by atoms with Gasteiger partial charge in [0.05, 0.1) is 6.61 Å². The van der Waals surface area contributed by atoms with Gasteiger partial charge in [-0.3, -0.25) is 0 Å².